The molecule has 1 aliphatic heterocycles. The van der Waals surface area contributed by atoms with Gasteiger partial charge in [0.25, 0.3) is 0 Å². The molecule has 42 heavy (non-hydrogen) atoms. The number of pyridine rings is 1. The molecule has 2 heterocycles. The third-order valence-electron chi connectivity index (χ3n) is 8.04. The van der Waals surface area contributed by atoms with E-state index in [1.165, 1.54) is 5.56 Å². The van der Waals surface area contributed by atoms with Gasteiger partial charge in [0.05, 0.1) is 12.2 Å². The van der Waals surface area contributed by atoms with Crippen LogP contribution in [0.4, 0.5) is 5.82 Å². The molecule has 1 N–H and O–H groups in total. The van der Waals surface area contributed by atoms with Gasteiger partial charge in [0.1, 0.15) is 30.0 Å². The van der Waals surface area contributed by atoms with Gasteiger partial charge in [-0.25, -0.2) is 9.78 Å². The number of benzene rings is 2. The van der Waals surface area contributed by atoms with E-state index in [0.29, 0.717) is 48.8 Å². The number of ether oxygens (including phenoxy) is 3. The topological polar surface area (TPSA) is 96.7 Å². The second-order valence-electron chi connectivity index (χ2n) is 12.1. The van der Waals surface area contributed by atoms with Crippen molar-refractivity contribution in [2.75, 3.05) is 37.7 Å². The van der Waals surface area contributed by atoms with Crippen molar-refractivity contribution in [3.63, 3.8) is 0 Å². The van der Waals surface area contributed by atoms with E-state index >= 15 is 0 Å². The van der Waals surface area contributed by atoms with Crippen molar-refractivity contribution in [3.05, 3.63) is 83.6 Å². The van der Waals surface area contributed by atoms with Crippen LogP contribution in [-0.2, 0) is 21.4 Å². The largest absolute Gasteiger partial charge is 0.492 e. The minimum Gasteiger partial charge on any atom is -0.492 e. The molecule has 8 nitrogen and oxygen atoms in total. The summed E-state index contributed by atoms with van der Waals surface area (Å²) in [6.45, 7) is 11.9. The molecule has 1 aliphatic carbocycles. The van der Waals surface area contributed by atoms with Crippen LogP contribution in [0, 0.1) is 23.2 Å². The van der Waals surface area contributed by atoms with E-state index in [1.54, 1.807) is 13.1 Å². The van der Waals surface area contributed by atoms with Gasteiger partial charge in [0.15, 0.2) is 6.10 Å². The minimum atomic E-state index is -0.733. The Hall–Kier alpha value is -4.09. The first-order chi connectivity index (χ1) is 20.2. The molecule has 1 aromatic heterocycles. The Morgan fingerprint density at radius 3 is 2.33 bits per heavy atom. The molecule has 2 fully saturated rings. The van der Waals surface area contributed by atoms with Crippen LogP contribution in [0.3, 0.4) is 0 Å². The summed E-state index contributed by atoms with van der Waals surface area (Å²) < 4.78 is 17.3. The number of nitrogens with zero attached hydrogens (tertiary/aromatic N) is 3. The molecule has 4 atom stereocenters. The molecule has 0 spiro atoms. The van der Waals surface area contributed by atoms with Gasteiger partial charge < -0.3 is 24.4 Å². The molecule has 3 aromatic rings. The van der Waals surface area contributed by atoms with Crippen LogP contribution in [-0.4, -0.2) is 55.9 Å². The van der Waals surface area contributed by atoms with Crippen molar-refractivity contribution in [2.45, 2.75) is 51.7 Å². The van der Waals surface area contributed by atoms with Gasteiger partial charge in [-0.05, 0) is 71.7 Å². The summed E-state index contributed by atoms with van der Waals surface area (Å²) in [4.78, 5) is 19.4. The fourth-order valence-electron chi connectivity index (χ4n) is 5.59. The van der Waals surface area contributed by atoms with Crippen LogP contribution >= 0.6 is 0 Å². The van der Waals surface area contributed by atoms with Gasteiger partial charge in [-0.1, -0.05) is 45.0 Å². The Bertz CT molecular complexity index is 1370. The standard InChI is InChI=1S/C34H40N4O4/c1-5-40-33(39)30(42-27-13-9-25(10-14-27)34(2,3)4)18-23-6-11-26(12-7-23)41-17-16-36-32-28-21-38(22-29(28)32)31-15-8-24(19-35)20-37-31/h6-15,20,28-30,32,36H,5,16-18,21-22H2,1-4H3/t28-,29?,30+,32?/m1/s1. The number of hydrogen-bond donors (Lipinski definition) is 1. The molecule has 8 heteroatoms. The molecular formula is C34H40N4O4. The number of hydrogen-bond acceptors (Lipinski definition) is 8. The van der Waals surface area contributed by atoms with E-state index in [-0.39, 0.29) is 11.4 Å². The minimum absolute atomic E-state index is 0.0454. The molecule has 1 saturated carbocycles. The predicted octanol–water partition coefficient (Wildman–Crippen LogP) is 4.91. The average Bonchev–Trinajstić information content (AvgIpc) is 3.43. The summed E-state index contributed by atoms with van der Waals surface area (Å²) in [5, 5.41) is 12.6. The molecule has 220 valence electrons. The molecule has 1 saturated heterocycles. The lowest BCUT2D eigenvalue weighted by Gasteiger charge is -2.21. The molecule has 0 amide bonds. The van der Waals surface area contributed by atoms with E-state index in [4.69, 9.17) is 19.5 Å². The third kappa shape index (κ3) is 7.21. The Labute approximate surface area is 248 Å². The third-order valence-corrected chi connectivity index (χ3v) is 8.04. The number of fused-ring (bicyclic) bond motifs is 1. The SMILES string of the molecule is CCOC(=O)[C@H](Cc1ccc(OCCNC2C3CN(c4ccc(C#N)cn4)C[C@H]32)cc1)Oc1ccc(C(C)(C)C)cc1. The Balaban J connectivity index is 1.05. The average molecular weight is 569 g/mol. The van der Waals surface area contributed by atoms with E-state index in [1.807, 2.05) is 60.7 Å². The maximum Gasteiger partial charge on any atom is 0.347 e. The van der Waals surface area contributed by atoms with Crippen molar-refractivity contribution in [1.29, 1.82) is 5.26 Å². The smallest absolute Gasteiger partial charge is 0.347 e. The summed E-state index contributed by atoms with van der Waals surface area (Å²) >= 11 is 0. The molecule has 2 unspecified atom stereocenters. The number of nitrogens with one attached hydrogen (secondary N) is 1. The van der Waals surface area contributed by atoms with Crippen LogP contribution < -0.4 is 19.7 Å². The monoisotopic (exact) mass is 568 g/mol. The van der Waals surface area contributed by atoms with E-state index in [9.17, 15) is 4.79 Å². The fraction of sp³-hybridized carbons (Fsp3) is 0.441. The first-order valence-electron chi connectivity index (χ1n) is 14.7. The highest BCUT2D eigenvalue weighted by Crippen LogP contribution is 2.46. The quantitative estimate of drug-likeness (QED) is 0.243. The lowest BCUT2D eigenvalue weighted by atomic mass is 9.87. The Morgan fingerprint density at radius 2 is 1.74 bits per heavy atom. The van der Waals surface area contributed by atoms with Gasteiger partial charge in [-0.3, -0.25) is 0 Å². The summed E-state index contributed by atoms with van der Waals surface area (Å²) in [6, 6.07) is 22.1. The number of piperidine rings is 1. The van der Waals surface area contributed by atoms with E-state index in [0.717, 1.165) is 36.8 Å². The summed E-state index contributed by atoms with van der Waals surface area (Å²) in [6.07, 6.45) is 1.31. The molecule has 0 bridgehead atoms. The summed E-state index contributed by atoms with van der Waals surface area (Å²) in [7, 11) is 0. The Morgan fingerprint density at radius 1 is 1.05 bits per heavy atom. The first kappa shape index (κ1) is 29.4. The van der Waals surface area contributed by atoms with Gasteiger partial charge in [-0.2, -0.15) is 5.26 Å². The van der Waals surface area contributed by atoms with Crippen LogP contribution in [0.1, 0.15) is 44.4 Å². The zero-order valence-corrected chi connectivity index (χ0v) is 24.9. The number of carbonyl (C=O) groups excluding carboxylic acids is 1. The highest BCUT2D eigenvalue weighted by molar-refractivity contribution is 5.75. The first-order valence-corrected chi connectivity index (χ1v) is 14.7. The molecule has 2 aromatic carbocycles. The maximum atomic E-state index is 12.7. The van der Waals surface area contributed by atoms with Crippen LogP contribution in [0.15, 0.2) is 66.9 Å². The number of aromatic nitrogens is 1. The van der Waals surface area contributed by atoms with Crippen LogP contribution in [0.5, 0.6) is 11.5 Å². The molecule has 0 radical (unpaired) electrons. The fourth-order valence-corrected chi connectivity index (χ4v) is 5.59. The van der Waals surface area contributed by atoms with Gasteiger partial charge in [-0.15, -0.1) is 0 Å². The van der Waals surface area contributed by atoms with Crippen LogP contribution in [0.25, 0.3) is 0 Å². The van der Waals surface area contributed by atoms with Crippen LogP contribution in [0.2, 0.25) is 0 Å². The number of carbonyl (C=O) groups is 1. The van der Waals surface area contributed by atoms with Crippen molar-refractivity contribution in [1.82, 2.24) is 10.3 Å². The lowest BCUT2D eigenvalue weighted by Crippen LogP contribution is -2.33. The zero-order chi connectivity index (χ0) is 29.7. The van der Waals surface area contributed by atoms with E-state index < -0.39 is 6.10 Å². The molecule has 5 rings (SSSR count). The van der Waals surface area contributed by atoms with Crippen molar-refractivity contribution in [2.24, 2.45) is 11.8 Å². The second kappa shape index (κ2) is 12.8. The second-order valence-corrected chi connectivity index (χ2v) is 12.1. The maximum absolute atomic E-state index is 12.7. The van der Waals surface area contributed by atoms with Crippen molar-refractivity contribution < 1.29 is 19.0 Å². The van der Waals surface area contributed by atoms with Gasteiger partial charge >= 0.3 is 5.97 Å². The van der Waals surface area contributed by atoms with Gasteiger partial charge in [0.2, 0.25) is 0 Å². The highest BCUT2D eigenvalue weighted by atomic mass is 16.6. The van der Waals surface area contributed by atoms with Crippen molar-refractivity contribution in [3.8, 4) is 17.6 Å². The molecule has 2 aliphatic rings. The van der Waals surface area contributed by atoms with Crippen molar-refractivity contribution >= 4 is 11.8 Å². The lowest BCUT2D eigenvalue weighted by molar-refractivity contribution is -0.151. The number of esters is 1. The summed E-state index contributed by atoms with van der Waals surface area (Å²) in [5.41, 5.74) is 2.81. The normalized spacial score (nSPS) is 19.9. The predicted molar refractivity (Wildman–Crippen MR) is 162 cm³/mol. The highest BCUT2D eigenvalue weighted by Gasteiger charge is 2.55. The van der Waals surface area contributed by atoms with Gasteiger partial charge in [0, 0.05) is 38.3 Å². The number of rotatable bonds is 12. The number of nitriles is 1. The number of anilines is 1. The Kier molecular flexibility index (Phi) is 8.98. The van der Waals surface area contributed by atoms with E-state index in [2.05, 4.69) is 42.0 Å². The molecular weight excluding hydrogens is 528 g/mol. The summed E-state index contributed by atoms with van der Waals surface area (Å²) in [5.74, 6) is 3.28. The zero-order valence-electron chi connectivity index (χ0n) is 24.9.